The van der Waals surface area contributed by atoms with Gasteiger partial charge in [0, 0.05) is 12.8 Å². The first-order valence-corrected chi connectivity index (χ1v) is 10.1. The summed E-state index contributed by atoms with van der Waals surface area (Å²) in [6, 6.07) is 0. The van der Waals surface area contributed by atoms with E-state index in [2.05, 4.69) is 4.74 Å². The lowest BCUT2D eigenvalue weighted by Gasteiger charge is -2.09. The Kier molecular flexibility index (Phi) is 12.0. The summed E-state index contributed by atoms with van der Waals surface area (Å²) in [6.07, 6.45) is 6.65. The second-order valence-electron chi connectivity index (χ2n) is 6.90. The number of hydrogen-bond donors (Lipinski definition) is 0. The van der Waals surface area contributed by atoms with Crippen LogP contribution in [0.4, 0.5) is 22.0 Å². The minimum atomic E-state index is -2.26. The van der Waals surface area contributed by atoms with Gasteiger partial charge in [-0.3, -0.25) is 9.59 Å². The van der Waals surface area contributed by atoms with E-state index in [1.807, 2.05) is 6.92 Å². The molecule has 0 bridgehead atoms. The fourth-order valence-electron chi connectivity index (χ4n) is 2.65. The highest BCUT2D eigenvalue weighted by molar-refractivity contribution is 5.69. The summed E-state index contributed by atoms with van der Waals surface area (Å²) in [7, 11) is 0. The number of unbranched alkanes of at least 4 members (excludes halogenated alkanes) is 6. The van der Waals surface area contributed by atoms with Crippen LogP contribution in [0.3, 0.4) is 0 Å². The zero-order chi connectivity index (χ0) is 22.5. The second-order valence-corrected chi connectivity index (χ2v) is 6.90. The fourth-order valence-corrected chi connectivity index (χ4v) is 2.65. The summed E-state index contributed by atoms with van der Waals surface area (Å²) in [5.41, 5.74) is -1.17. The molecular weight excluding hydrogens is 411 g/mol. The zero-order valence-electron chi connectivity index (χ0n) is 17.0. The van der Waals surface area contributed by atoms with Crippen LogP contribution in [-0.4, -0.2) is 18.5 Å². The molecular formula is C21H27F5O4. The van der Waals surface area contributed by atoms with Crippen molar-refractivity contribution >= 4 is 11.9 Å². The number of halogens is 5. The lowest BCUT2D eigenvalue weighted by molar-refractivity contribution is -0.145. The number of benzene rings is 1. The molecule has 0 saturated carbocycles. The number of ether oxygens (including phenoxy) is 2. The van der Waals surface area contributed by atoms with E-state index in [-0.39, 0.29) is 12.4 Å². The van der Waals surface area contributed by atoms with E-state index in [1.54, 1.807) is 0 Å². The van der Waals surface area contributed by atoms with Gasteiger partial charge < -0.3 is 9.47 Å². The summed E-state index contributed by atoms with van der Waals surface area (Å²) in [6.45, 7) is 1.44. The van der Waals surface area contributed by atoms with E-state index in [4.69, 9.17) is 4.74 Å². The molecule has 0 unspecified atom stereocenters. The van der Waals surface area contributed by atoms with Gasteiger partial charge in [-0.05, 0) is 19.3 Å². The average molecular weight is 438 g/mol. The molecule has 1 aromatic carbocycles. The molecule has 0 aliphatic rings. The summed E-state index contributed by atoms with van der Waals surface area (Å²) in [4.78, 5) is 23.0. The first kappa shape index (κ1) is 25.8. The smallest absolute Gasteiger partial charge is 0.306 e. The predicted molar refractivity (Wildman–Crippen MR) is 98.8 cm³/mol. The maximum atomic E-state index is 13.5. The predicted octanol–water partition coefficient (Wildman–Crippen LogP) is 5.89. The molecule has 0 heterocycles. The van der Waals surface area contributed by atoms with Crippen LogP contribution < -0.4 is 0 Å². The minimum Gasteiger partial charge on any atom is -0.466 e. The quantitative estimate of drug-likeness (QED) is 0.120. The molecule has 1 aromatic rings. The van der Waals surface area contributed by atoms with Gasteiger partial charge in [0.15, 0.2) is 23.3 Å². The molecule has 0 saturated heterocycles. The summed E-state index contributed by atoms with van der Waals surface area (Å²) >= 11 is 0. The van der Waals surface area contributed by atoms with Crippen LogP contribution in [0, 0.1) is 29.1 Å². The Balaban J connectivity index is 2.16. The molecule has 0 radical (unpaired) electrons. The molecule has 0 fully saturated rings. The standard InChI is InChI=1S/C21H27F5O4/c1-2-3-12-29-15(27)10-8-6-4-5-7-9-11-16(28)30-13-14-17(22)19(24)21(26)20(25)18(14)23/h2-13H2,1H3. The number of esters is 2. The summed E-state index contributed by atoms with van der Waals surface area (Å²) in [5.74, 6) is -11.4. The Labute approximate surface area is 172 Å². The van der Waals surface area contributed by atoms with Gasteiger partial charge in [0.05, 0.1) is 12.2 Å². The summed E-state index contributed by atoms with van der Waals surface area (Å²) in [5, 5.41) is 0. The van der Waals surface area contributed by atoms with E-state index in [1.165, 1.54) is 0 Å². The van der Waals surface area contributed by atoms with Gasteiger partial charge in [0.1, 0.15) is 6.61 Å². The van der Waals surface area contributed by atoms with Crippen LogP contribution >= 0.6 is 0 Å². The van der Waals surface area contributed by atoms with Crippen molar-refractivity contribution in [3.63, 3.8) is 0 Å². The van der Waals surface area contributed by atoms with Gasteiger partial charge >= 0.3 is 11.9 Å². The number of hydrogen-bond acceptors (Lipinski definition) is 4. The van der Waals surface area contributed by atoms with E-state index in [9.17, 15) is 31.5 Å². The van der Waals surface area contributed by atoms with Crippen LogP contribution in [0.15, 0.2) is 0 Å². The van der Waals surface area contributed by atoms with Crippen LogP contribution in [0.5, 0.6) is 0 Å². The SMILES string of the molecule is CCCCOC(=O)CCCCCCCCC(=O)OCc1c(F)c(F)c(F)c(F)c1F. The van der Waals surface area contributed by atoms with Crippen LogP contribution in [0.1, 0.15) is 76.7 Å². The van der Waals surface area contributed by atoms with Gasteiger partial charge in [-0.2, -0.15) is 0 Å². The first-order chi connectivity index (χ1) is 14.3. The highest BCUT2D eigenvalue weighted by Crippen LogP contribution is 2.23. The van der Waals surface area contributed by atoms with Gasteiger partial charge in [0.2, 0.25) is 5.82 Å². The van der Waals surface area contributed by atoms with Crippen LogP contribution in [-0.2, 0) is 25.7 Å². The molecule has 9 heteroatoms. The van der Waals surface area contributed by atoms with Crippen LogP contribution in [0.2, 0.25) is 0 Å². The van der Waals surface area contributed by atoms with E-state index < -0.39 is 47.2 Å². The second kappa shape index (κ2) is 13.9. The molecule has 0 aliphatic carbocycles. The molecule has 30 heavy (non-hydrogen) atoms. The lowest BCUT2D eigenvalue weighted by atomic mass is 10.1. The Morgan fingerprint density at radius 1 is 0.633 bits per heavy atom. The highest BCUT2D eigenvalue weighted by atomic mass is 19.2. The molecule has 0 aliphatic heterocycles. The largest absolute Gasteiger partial charge is 0.466 e. The third kappa shape index (κ3) is 8.67. The summed E-state index contributed by atoms with van der Waals surface area (Å²) < 4.78 is 75.8. The monoisotopic (exact) mass is 438 g/mol. The molecule has 0 spiro atoms. The van der Waals surface area contributed by atoms with Crippen molar-refractivity contribution in [3.05, 3.63) is 34.6 Å². The average Bonchev–Trinajstić information content (AvgIpc) is 2.72. The molecule has 0 amide bonds. The van der Waals surface area contributed by atoms with E-state index >= 15 is 0 Å². The number of rotatable bonds is 14. The Morgan fingerprint density at radius 2 is 1.07 bits per heavy atom. The zero-order valence-corrected chi connectivity index (χ0v) is 17.0. The molecule has 170 valence electrons. The molecule has 0 aromatic heterocycles. The minimum absolute atomic E-state index is 0.0286. The normalized spacial score (nSPS) is 10.9. The Hall–Kier alpha value is -2.19. The van der Waals surface area contributed by atoms with Gasteiger partial charge in [-0.1, -0.05) is 39.0 Å². The van der Waals surface area contributed by atoms with E-state index in [0.717, 1.165) is 38.5 Å². The Morgan fingerprint density at radius 3 is 1.57 bits per heavy atom. The maximum Gasteiger partial charge on any atom is 0.306 e. The van der Waals surface area contributed by atoms with Gasteiger partial charge in [-0.15, -0.1) is 0 Å². The molecule has 1 rings (SSSR count). The Bertz CT molecular complexity index is 680. The molecule has 0 atom stereocenters. The van der Waals surface area contributed by atoms with Crippen molar-refractivity contribution in [2.24, 2.45) is 0 Å². The molecule has 0 N–H and O–H groups in total. The van der Waals surface area contributed by atoms with Crippen molar-refractivity contribution in [1.29, 1.82) is 0 Å². The van der Waals surface area contributed by atoms with E-state index in [0.29, 0.717) is 25.9 Å². The van der Waals surface area contributed by atoms with Crippen molar-refractivity contribution in [1.82, 2.24) is 0 Å². The molecule has 4 nitrogen and oxygen atoms in total. The van der Waals surface area contributed by atoms with Crippen molar-refractivity contribution in [3.8, 4) is 0 Å². The van der Waals surface area contributed by atoms with Gasteiger partial charge in [-0.25, -0.2) is 22.0 Å². The fraction of sp³-hybridized carbons (Fsp3) is 0.619. The third-order valence-corrected chi connectivity index (χ3v) is 4.45. The van der Waals surface area contributed by atoms with Crippen molar-refractivity contribution in [2.75, 3.05) is 6.61 Å². The third-order valence-electron chi connectivity index (χ3n) is 4.45. The first-order valence-electron chi connectivity index (χ1n) is 10.1. The number of carbonyl (C=O) groups is 2. The topological polar surface area (TPSA) is 52.6 Å². The van der Waals surface area contributed by atoms with Gasteiger partial charge in [0.25, 0.3) is 0 Å². The number of carbonyl (C=O) groups excluding carboxylic acids is 2. The lowest BCUT2D eigenvalue weighted by Crippen LogP contribution is -2.11. The van der Waals surface area contributed by atoms with Crippen LogP contribution in [0.25, 0.3) is 0 Å². The highest BCUT2D eigenvalue weighted by Gasteiger charge is 2.26. The van der Waals surface area contributed by atoms with Crippen molar-refractivity contribution in [2.45, 2.75) is 77.7 Å². The van der Waals surface area contributed by atoms with Crippen molar-refractivity contribution < 1.29 is 41.0 Å². The maximum absolute atomic E-state index is 13.5.